The van der Waals surface area contributed by atoms with Gasteiger partial charge in [0.1, 0.15) is 12.1 Å². The quantitative estimate of drug-likeness (QED) is 0.815. The van der Waals surface area contributed by atoms with Crippen LogP contribution in [-0.4, -0.2) is 47.6 Å². The molecule has 4 heterocycles. The van der Waals surface area contributed by atoms with Crippen molar-refractivity contribution in [2.45, 2.75) is 38.6 Å². The summed E-state index contributed by atoms with van der Waals surface area (Å²) >= 11 is 0. The Balaban J connectivity index is 1.84. The van der Waals surface area contributed by atoms with Gasteiger partial charge in [0.2, 0.25) is 0 Å². The SMILES string of the molecule is CC(C)c1cc(N2C[C@@H]3CC[C@H](C2)N(C)C3)ncn1. The topological polar surface area (TPSA) is 32.3 Å². The molecule has 0 radical (unpaired) electrons. The second-order valence-corrected chi connectivity index (χ2v) is 6.40. The van der Waals surface area contributed by atoms with Crippen LogP contribution in [-0.2, 0) is 0 Å². The van der Waals surface area contributed by atoms with Crippen molar-refractivity contribution in [3.8, 4) is 0 Å². The van der Waals surface area contributed by atoms with Gasteiger partial charge in [0.05, 0.1) is 0 Å². The monoisotopic (exact) mass is 260 g/mol. The molecule has 0 amide bonds. The normalized spacial score (nSPS) is 27.9. The lowest BCUT2D eigenvalue weighted by Gasteiger charge is -2.32. The minimum Gasteiger partial charge on any atom is -0.355 e. The van der Waals surface area contributed by atoms with Crippen LogP contribution in [0, 0.1) is 5.92 Å². The summed E-state index contributed by atoms with van der Waals surface area (Å²) in [6.45, 7) is 7.87. The molecule has 4 nitrogen and oxygen atoms in total. The van der Waals surface area contributed by atoms with E-state index in [1.165, 1.54) is 19.4 Å². The Morgan fingerprint density at radius 2 is 2.00 bits per heavy atom. The predicted octanol–water partition coefficient (Wildman–Crippen LogP) is 2.13. The van der Waals surface area contributed by atoms with Gasteiger partial charge in [0, 0.05) is 37.4 Å². The Morgan fingerprint density at radius 3 is 2.74 bits per heavy atom. The Hall–Kier alpha value is -1.16. The first-order valence-corrected chi connectivity index (χ1v) is 7.40. The molecule has 0 aliphatic carbocycles. The lowest BCUT2D eigenvalue weighted by molar-refractivity contribution is 0.169. The van der Waals surface area contributed by atoms with E-state index in [9.17, 15) is 0 Å². The fraction of sp³-hybridized carbons (Fsp3) is 0.733. The van der Waals surface area contributed by atoms with Gasteiger partial charge < -0.3 is 9.80 Å². The van der Waals surface area contributed by atoms with Gasteiger partial charge in [-0.3, -0.25) is 0 Å². The maximum atomic E-state index is 4.51. The largest absolute Gasteiger partial charge is 0.355 e. The number of aromatic nitrogens is 2. The molecular formula is C15H24N4. The van der Waals surface area contributed by atoms with E-state index in [0.717, 1.165) is 30.5 Å². The number of nitrogens with zero attached hydrogens (tertiary/aromatic N) is 4. The van der Waals surface area contributed by atoms with Crippen molar-refractivity contribution >= 4 is 5.82 Å². The van der Waals surface area contributed by atoms with Crippen LogP contribution in [0.1, 0.15) is 38.3 Å². The summed E-state index contributed by atoms with van der Waals surface area (Å²) in [6.07, 6.45) is 4.43. The minimum absolute atomic E-state index is 0.466. The molecule has 0 aromatic carbocycles. The molecule has 4 heteroatoms. The summed E-state index contributed by atoms with van der Waals surface area (Å²) in [5, 5.41) is 0. The van der Waals surface area contributed by atoms with Gasteiger partial charge in [-0.15, -0.1) is 0 Å². The van der Waals surface area contributed by atoms with Gasteiger partial charge >= 0.3 is 0 Å². The molecule has 19 heavy (non-hydrogen) atoms. The van der Waals surface area contributed by atoms with Crippen LogP contribution in [0.5, 0.6) is 0 Å². The van der Waals surface area contributed by atoms with Crippen molar-refractivity contribution in [3.05, 3.63) is 18.1 Å². The van der Waals surface area contributed by atoms with E-state index in [4.69, 9.17) is 0 Å². The molecule has 4 rings (SSSR count). The summed E-state index contributed by atoms with van der Waals surface area (Å²) < 4.78 is 0. The molecule has 1 aromatic heterocycles. The summed E-state index contributed by atoms with van der Waals surface area (Å²) in [6, 6.07) is 2.87. The van der Waals surface area contributed by atoms with E-state index in [-0.39, 0.29) is 0 Å². The van der Waals surface area contributed by atoms with Crippen molar-refractivity contribution in [1.29, 1.82) is 0 Å². The third-order valence-corrected chi connectivity index (χ3v) is 4.58. The standard InChI is InChI=1S/C15H24N4/c1-11(2)14-6-15(17-10-16-14)19-8-12-4-5-13(9-19)18(3)7-12/h6,10-13H,4-5,7-9H2,1-3H3/t12-,13-/m1/s1. The van der Waals surface area contributed by atoms with Crippen molar-refractivity contribution in [2.24, 2.45) is 5.92 Å². The fourth-order valence-corrected chi connectivity index (χ4v) is 3.35. The zero-order valence-electron chi connectivity index (χ0n) is 12.2. The van der Waals surface area contributed by atoms with Crippen LogP contribution in [0.25, 0.3) is 0 Å². The Kier molecular flexibility index (Phi) is 3.44. The Bertz CT molecular complexity index is 446. The zero-order chi connectivity index (χ0) is 13.4. The Morgan fingerprint density at radius 1 is 1.16 bits per heavy atom. The second-order valence-electron chi connectivity index (χ2n) is 6.40. The van der Waals surface area contributed by atoms with Gasteiger partial charge in [0.15, 0.2) is 0 Å². The first-order valence-electron chi connectivity index (χ1n) is 7.40. The molecule has 2 bridgehead atoms. The summed E-state index contributed by atoms with van der Waals surface area (Å²) in [7, 11) is 2.26. The fourth-order valence-electron chi connectivity index (χ4n) is 3.35. The highest BCUT2D eigenvalue weighted by Crippen LogP contribution is 2.29. The molecule has 3 aliphatic rings. The first kappa shape index (κ1) is 12.9. The zero-order valence-corrected chi connectivity index (χ0v) is 12.2. The van der Waals surface area contributed by atoms with Crippen LogP contribution in [0.4, 0.5) is 5.82 Å². The highest BCUT2D eigenvalue weighted by Gasteiger charge is 2.33. The van der Waals surface area contributed by atoms with Crippen LogP contribution < -0.4 is 4.90 Å². The number of rotatable bonds is 2. The second kappa shape index (κ2) is 5.08. The Labute approximate surface area is 115 Å². The molecular weight excluding hydrogens is 236 g/mol. The van der Waals surface area contributed by atoms with Crippen LogP contribution in [0.3, 0.4) is 0 Å². The highest BCUT2D eigenvalue weighted by molar-refractivity contribution is 5.40. The lowest BCUT2D eigenvalue weighted by Crippen LogP contribution is -2.41. The van der Waals surface area contributed by atoms with Crippen molar-refractivity contribution < 1.29 is 0 Å². The highest BCUT2D eigenvalue weighted by atomic mass is 15.3. The first-order chi connectivity index (χ1) is 9.13. The van der Waals surface area contributed by atoms with Crippen molar-refractivity contribution in [3.63, 3.8) is 0 Å². The van der Waals surface area contributed by atoms with E-state index in [1.54, 1.807) is 6.33 Å². The number of fused-ring (bicyclic) bond motifs is 4. The number of likely N-dealkylation sites (N-methyl/N-ethyl adjacent to an activating group) is 1. The molecule has 104 valence electrons. The number of hydrogen-bond acceptors (Lipinski definition) is 4. The van der Waals surface area contributed by atoms with Crippen LogP contribution in [0.15, 0.2) is 12.4 Å². The summed E-state index contributed by atoms with van der Waals surface area (Å²) in [4.78, 5) is 13.9. The van der Waals surface area contributed by atoms with Crippen LogP contribution in [0.2, 0.25) is 0 Å². The molecule has 3 saturated heterocycles. The maximum absolute atomic E-state index is 4.51. The third-order valence-electron chi connectivity index (χ3n) is 4.58. The average Bonchev–Trinajstić information content (AvgIpc) is 2.70. The van der Waals surface area contributed by atoms with Gasteiger partial charge in [-0.2, -0.15) is 0 Å². The van der Waals surface area contributed by atoms with E-state index in [2.05, 4.69) is 46.7 Å². The van der Waals surface area contributed by atoms with Gasteiger partial charge in [-0.05, 0) is 31.7 Å². The molecule has 3 aliphatic heterocycles. The van der Waals surface area contributed by atoms with Crippen LogP contribution >= 0.6 is 0 Å². The molecule has 1 aromatic rings. The molecule has 3 fully saturated rings. The lowest BCUT2D eigenvalue weighted by atomic mass is 9.96. The molecule has 0 unspecified atom stereocenters. The van der Waals surface area contributed by atoms with Gasteiger partial charge in [0.25, 0.3) is 0 Å². The van der Waals surface area contributed by atoms with E-state index < -0.39 is 0 Å². The van der Waals surface area contributed by atoms with Gasteiger partial charge in [-0.25, -0.2) is 9.97 Å². The summed E-state index contributed by atoms with van der Waals surface area (Å²) in [5.41, 5.74) is 1.15. The summed E-state index contributed by atoms with van der Waals surface area (Å²) in [5.74, 6) is 2.38. The average molecular weight is 260 g/mol. The van der Waals surface area contributed by atoms with Crippen molar-refractivity contribution in [1.82, 2.24) is 14.9 Å². The van der Waals surface area contributed by atoms with Gasteiger partial charge in [-0.1, -0.05) is 13.8 Å². The third kappa shape index (κ3) is 2.59. The molecule has 2 atom stereocenters. The molecule has 0 spiro atoms. The maximum Gasteiger partial charge on any atom is 0.132 e. The molecule has 0 saturated carbocycles. The minimum atomic E-state index is 0.466. The number of piperidine rings is 1. The number of anilines is 1. The van der Waals surface area contributed by atoms with E-state index in [0.29, 0.717) is 12.0 Å². The predicted molar refractivity (Wildman–Crippen MR) is 77.5 cm³/mol. The van der Waals surface area contributed by atoms with E-state index in [1.807, 2.05) is 0 Å². The smallest absolute Gasteiger partial charge is 0.132 e. The van der Waals surface area contributed by atoms with E-state index >= 15 is 0 Å². The number of hydrogen-bond donors (Lipinski definition) is 0. The molecule has 0 N–H and O–H groups in total. The van der Waals surface area contributed by atoms with Crippen molar-refractivity contribution in [2.75, 3.05) is 31.6 Å².